The largest absolute Gasteiger partial charge is 0.379 e. The minimum Gasteiger partial charge on any atom is -0.379 e. The molecule has 1 atom stereocenters. The molecule has 0 spiro atoms. The number of nitrogens with zero attached hydrogens (tertiary/aromatic N) is 4. The summed E-state index contributed by atoms with van der Waals surface area (Å²) >= 11 is 1.75. The van der Waals surface area contributed by atoms with E-state index in [0.29, 0.717) is 6.54 Å². The van der Waals surface area contributed by atoms with Gasteiger partial charge in [0.1, 0.15) is 22.3 Å². The van der Waals surface area contributed by atoms with Crippen LogP contribution in [0.2, 0.25) is 0 Å². The van der Waals surface area contributed by atoms with Gasteiger partial charge in [0.25, 0.3) is 0 Å². The van der Waals surface area contributed by atoms with Crippen LogP contribution < -0.4 is 5.32 Å². The molecule has 0 aliphatic carbocycles. The summed E-state index contributed by atoms with van der Waals surface area (Å²) in [5, 5.41) is 4.81. The molecule has 8 heteroatoms. The Morgan fingerprint density at radius 3 is 2.52 bits per heavy atom. The lowest BCUT2D eigenvalue weighted by atomic mass is 10.0. The molecular formula is C25H32FN5OS. The number of benzene rings is 1. The van der Waals surface area contributed by atoms with E-state index in [-0.39, 0.29) is 11.9 Å². The lowest BCUT2D eigenvalue weighted by Crippen LogP contribution is -2.41. The highest BCUT2D eigenvalue weighted by molar-refractivity contribution is 7.18. The second-order valence-corrected chi connectivity index (χ2v) is 10.2. The molecule has 1 N–H and O–H groups in total. The average molecular weight is 470 g/mol. The molecule has 1 unspecified atom stereocenters. The van der Waals surface area contributed by atoms with Gasteiger partial charge in [0, 0.05) is 24.5 Å². The Balaban J connectivity index is 1.44. The van der Waals surface area contributed by atoms with Gasteiger partial charge in [-0.15, -0.1) is 11.3 Å². The number of likely N-dealkylation sites (tertiary alicyclic amines) is 1. The van der Waals surface area contributed by atoms with Crippen molar-refractivity contribution in [2.75, 3.05) is 51.3 Å². The van der Waals surface area contributed by atoms with Crippen LogP contribution >= 0.6 is 11.3 Å². The highest BCUT2D eigenvalue weighted by Crippen LogP contribution is 2.34. The Morgan fingerprint density at radius 2 is 1.79 bits per heavy atom. The van der Waals surface area contributed by atoms with Gasteiger partial charge in [0.05, 0.1) is 31.2 Å². The summed E-state index contributed by atoms with van der Waals surface area (Å²) in [4.78, 5) is 17.1. The summed E-state index contributed by atoms with van der Waals surface area (Å²) in [6, 6.07) is 7.00. The van der Waals surface area contributed by atoms with Crippen molar-refractivity contribution in [2.45, 2.75) is 39.3 Å². The van der Waals surface area contributed by atoms with Crippen molar-refractivity contribution in [2.24, 2.45) is 0 Å². The summed E-state index contributed by atoms with van der Waals surface area (Å²) in [6.45, 7) is 11.2. The van der Waals surface area contributed by atoms with E-state index in [1.165, 1.54) is 23.3 Å². The Kier molecular flexibility index (Phi) is 6.87. The first-order valence-corrected chi connectivity index (χ1v) is 12.7. The minimum atomic E-state index is -0.208. The first-order valence-electron chi connectivity index (χ1n) is 11.9. The molecule has 2 aromatic heterocycles. The number of anilines is 1. The van der Waals surface area contributed by atoms with Gasteiger partial charge in [-0.3, -0.25) is 9.80 Å². The Labute approximate surface area is 198 Å². The number of ether oxygens (including phenoxy) is 1. The van der Waals surface area contributed by atoms with Gasteiger partial charge >= 0.3 is 0 Å². The van der Waals surface area contributed by atoms with Crippen LogP contribution in [0.4, 0.5) is 10.2 Å². The number of aryl methyl sites for hydroxylation is 2. The zero-order chi connectivity index (χ0) is 22.8. The van der Waals surface area contributed by atoms with Crippen molar-refractivity contribution < 1.29 is 9.13 Å². The molecule has 0 saturated carbocycles. The summed E-state index contributed by atoms with van der Waals surface area (Å²) < 4.78 is 19.2. The Bertz CT molecular complexity index is 1090. The van der Waals surface area contributed by atoms with Crippen molar-refractivity contribution in [1.82, 2.24) is 19.8 Å². The molecule has 5 rings (SSSR count). The third-order valence-electron chi connectivity index (χ3n) is 6.84. The SMILES string of the molecule is Cc1sc2nc(CN3CCCC3)nc(NCC(c3ccc(F)cc3)N3CCOCC3)c2c1C. The average Bonchev–Trinajstić information content (AvgIpc) is 3.43. The van der Waals surface area contributed by atoms with Crippen molar-refractivity contribution in [3.63, 3.8) is 0 Å². The number of morpholine rings is 1. The van der Waals surface area contributed by atoms with E-state index in [0.717, 1.165) is 73.4 Å². The summed E-state index contributed by atoms with van der Waals surface area (Å²) in [6.07, 6.45) is 2.51. The lowest BCUT2D eigenvalue weighted by molar-refractivity contribution is 0.0187. The monoisotopic (exact) mass is 469 g/mol. The van der Waals surface area contributed by atoms with Gasteiger partial charge in [-0.25, -0.2) is 14.4 Å². The number of hydrogen-bond acceptors (Lipinski definition) is 7. The molecule has 0 bridgehead atoms. The zero-order valence-electron chi connectivity index (χ0n) is 19.4. The van der Waals surface area contributed by atoms with E-state index in [2.05, 4.69) is 29.0 Å². The molecule has 3 aromatic rings. The lowest BCUT2D eigenvalue weighted by Gasteiger charge is -2.35. The van der Waals surface area contributed by atoms with Gasteiger partial charge in [0.2, 0.25) is 0 Å². The van der Waals surface area contributed by atoms with E-state index in [4.69, 9.17) is 14.7 Å². The third kappa shape index (κ3) is 5.04. The fraction of sp³-hybridized carbons (Fsp3) is 0.520. The molecule has 176 valence electrons. The molecule has 0 amide bonds. The predicted molar refractivity (Wildman–Crippen MR) is 131 cm³/mol. The standard InChI is InChI=1S/C25H32FN5OS/c1-17-18(2)33-25-23(17)24(28-22(29-25)16-30-9-3-4-10-30)27-15-21(31-11-13-32-14-12-31)19-5-7-20(26)8-6-19/h5-8,21H,3-4,9-16H2,1-2H3,(H,27,28,29). The van der Waals surface area contributed by atoms with Crippen LogP contribution in [-0.2, 0) is 11.3 Å². The van der Waals surface area contributed by atoms with Crippen LogP contribution in [0.5, 0.6) is 0 Å². The summed E-state index contributed by atoms with van der Waals surface area (Å²) in [7, 11) is 0. The maximum atomic E-state index is 13.6. The maximum Gasteiger partial charge on any atom is 0.146 e. The highest BCUT2D eigenvalue weighted by Gasteiger charge is 2.24. The second-order valence-electron chi connectivity index (χ2n) is 9.03. The van der Waals surface area contributed by atoms with Crippen LogP contribution in [-0.4, -0.2) is 65.7 Å². The number of aromatic nitrogens is 2. The van der Waals surface area contributed by atoms with Crippen molar-refractivity contribution >= 4 is 27.4 Å². The van der Waals surface area contributed by atoms with E-state index in [1.807, 2.05) is 12.1 Å². The molecule has 33 heavy (non-hydrogen) atoms. The van der Waals surface area contributed by atoms with Crippen LogP contribution in [0, 0.1) is 19.7 Å². The van der Waals surface area contributed by atoms with Crippen molar-refractivity contribution in [3.8, 4) is 0 Å². The molecule has 2 fully saturated rings. The third-order valence-corrected chi connectivity index (χ3v) is 7.94. The number of hydrogen-bond donors (Lipinski definition) is 1. The van der Waals surface area contributed by atoms with E-state index in [9.17, 15) is 4.39 Å². The Hall–Kier alpha value is -2.13. The number of halogens is 1. The second kappa shape index (κ2) is 10.0. The van der Waals surface area contributed by atoms with Crippen molar-refractivity contribution in [1.29, 1.82) is 0 Å². The molecular weight excluding hydrogens is 437 g/mol. The van der Waals surface area contributed by atoms with E-state index in [1.54, 1.807) is 23.5 Å². The highest BCUT2D eigenvalue weighted by atomic mass is 32.1. The molecule has 6 nitrogen and oxygen atoms in total. The summed E-state index contributed by atoms with van der Waals surface area (Å²) in [5.74, 6) is 1.59. The van der Waals surface area contributed by atoms with E-state index >= 15 is 0 Å². The Morgan fingerprint density at radius 1 is 1.06 bits per heavy atom. The number of rotatable bonds is 7. The predicted octanol–water partition coefficient (Wildman–Crippen LogP) is 4.53. The first-order chi connectivity index (χ1) is 16.1. The normalized spacial score (nSPS) is 18.8. The van der Waals surface area contributed by atoms with Crippen LogP contribution in [0.15, 0.2) is 24.3 Å². The quantitative estimate of drug-likeness (QED) is 0.549. The molecule has 2 aliphatic rings. The number of fused-ring (bicyclic) bond motifs is 1. The number of nitrogens with one attached hydrogen (secondary N) is 1. The fourth-order valence-corrected chi connectivity index (χ4v) is 5.91. The van der Waals surface area contributed by atoms with Crippen LogP contribution in [0.1, 0.15) is 40.7 Å². The van der Waals surface area contributed by atoms with Gasteiger partial charge in [-0.1, -0.05) is 12.1 Å². The zero-order valence-corrected chi connectivity index (χ0v) is 20.3. The topological polar surface area (TPSA) is 53.5 Å². The minimum absolute atomic E-state index is 0.113. The summed E-state index contributed by atoms with van der Waals surface area (Å²) in [5.41, 5.74) is 2.35. The molecule has 2 aliphatic heterocycles. The smallest absolute Gasteiger partial charge is 0.146 e. The van der Waals surface area contributed by atoms with Crippen LogP contribution in [0.3, 0.4) is 0 Å². The molecule has 4 heterocycles. The van der Waals surface area contributed by atoms with Crippen LogP contribution in [0.25, 0.3) is 10.2 Å². The van der Waals surface area contributed by atoms with Crippen molar-refractivity contribution in [3.05, 3.63) is 51.9 Å². The van der Waals surface area contributed by atoms with Gasteiger partial charge < -0.3 is 10.1 Å². The van der Waals surface area contributed by atoms with E-state index < -0.39 is 0 Å². The first kappa shape index (κ1) is 22.7. The van der Waals surface area contributed by atoms with Gasteiger partial charge in [0.15, 0.2) is 0 Å². The molecule has 2 saturated heterocycles. The maximum absolute atomic E-state index is 13.6. The molecule has 1 aromatic carbocycles. The molecule has 0 radical (unpaired) electrons. The van der Waals surface area contributed by atoms with Gasteiger partial charge in [-0.2, -0.15) is 0 Å². The number of thiophene rings is 1. The fourth-order valence-electron chi connectivity index (χ4n) is 4.86. The van der Waals surface area contributed by atoms with Gasteiger partial charge in [-0.05, 0) is 63.0 Å².